The van der Waals surface area contributed by atoms with Gasteiger partial charge in [-0.25, -0.2) is 4.98 Å². The SMILES string of the molecule is CCN(c1ccc2c(n1)CCC2)C1CCNC1. The van der Waals surface area contributed by atoms with Crippen LogP contribution in [0.5, 0.6) is 0 Å². The third kappa shape index (κ3) is 2.04. The Bertz CT molecular complexity index is 396. The fraction of sp³-hybridized carbons (Fsp3) is 0.643. The Morgan fingerprint density at radius 2 is 2.35 bits per heavy atom. The Labute approximate surface area is 103 Å². The first-order valence-electron chi connectivity index (χ1n) is 6.84. The van der Waals surface area contributed by atoms with Crippen LogP contribution in [0.4, 0.5) is 5.82 Å². The number of nitrogens with zero attached hydrogens (tertiary/aromatic N) is 2. The molecule has 0 amide bonds. The number of rotatable bonds is 3. The summed E-state index contributed by atoms with van der Waals surface area (Å²) in [5.41, 5.74) is 2.81. The summed E-state index contributed by atoms with van der Waals surface area (Å²) in [5.74, 6) is 1.18. The van der Waals surface area contributed by atoms with E-state index in [2.05, 4.69) is 29.3 Å². The Kier molecular flexibility index (Phi) is 3.02. The predicted molar refractivity (Wildman–Crippen MR) is 70.6 cm³/mol. The number of nitrogens with one attached hydrogen (secondary N) is 1. The number of likely N-dealkylation sites (N-methyl/N-ethyl adjacent to an activating group) is 1. The molecule has 1 saturated heterocycles. The van der Waals surface area contributed by atoms with Crippen LogP contribution in [0.1, 0.15) is 31.0 Å². The molecule has 1 atom stereocenters. The van der Waals surface area contributed by atoms with E-state index in [1.807, 2.05) is 0 Å². The van der Waals surface area contributed by atoms with Crippen LogP contribution >= 0.6 is 0 Å². The summed E-state index contributed by atoms with van der Waals surface area (Å²) in [4.78, 5) is 7.32. The van der Waals surface area contributed by atoms with Gasteiger partial charge in [-0.3, -0.25) is 0 Å². The van der Waals surface area contributed by atoms with Crippen molar-refractivity contribution in [1.82, 2.24) is 10.3 Å². The zero-order valence-electron chi connectivity index (χ0n) is 10.6. The van der Waals surface area contributed by atoms with Crippen LogP contribution in [0.2, 0.25) is 0 Å². The molecule has 1 aromatic rings. The topological polar surface area (TPSA) is 28.2 Å². The van der Waals surface area contributed by atoms with Crippen molar-refractivity contribution in [2.24, 2.45) is 0 Å². The van der Waals surface area contributed by atoms with E-state index in [0.717, 1.165) is 19.6 Å². The molecule has 1 unspecified atom stereocenters. The highest BCUT2D eigenvalue weighted by Gasteiger charge is 2.23. The van der Waals surface area contributed by atoms with Crippen molar-refractivity contribution in [2.75, 3.05) is 24.5 Å². The van der Waals surface area contributed by atoms with Crippen LogP contribution in [0.15, 0.2) is 12.1 Å². The molecule has 0 aromatic carbocycles. The summed E-state index contributed by atoms with van der Waals surface area (Å²) in [6, 6.07) is 5.13. The molecule has 2 heterocycles. The predicted octanol–water partition coefficient (Wildman–Crippen LogP) is 1.76. The normalized spacial score (nSPS) is 22.8. The van der Waals surface area contributed by atoms with Gasteiger partial charge in [-0.1, -0.05) is 6.07 Å². The third-order valence-electron chi connectivity index (χ3n) is 4.02. The maximum atomic E-state index is 4.87. The second-order valence-electron chi connectivity index (χ2n) is 5.06. The lowest BCUT2D eigenvalue weighted by Crippen LogP contribution is -2.37. The molecule has 3 heteroatoms. The minimum atomic E-state index is 0.631. The molecule has 2 aliphatic rings. The number of aromatic nitrogens is 1. The molecule has 1 aliphatic carbocycles. The summed E-state index contributed by atoms with van der Waals surface area (Å²) in [6.45, 7) is 5.53. The van der Waals surface area contributed by atoms with E-state index in [9.17, 15) is 0 Å². The molecule has 3 nitrogen and oxygen atoms in total. The number of pyridine rings is 1. The van der Waals surface area contributed by atoms with Crippen molar-refractivity contribution < 1.29 is 0 Å². The number of hydrogen-bond acceptors (Lipinski definition) is 3. The van der Waals surface area contributed by atoms with Gasteiger partial charge in [0.15, 0.2) is 0 Å². The quantitative estimate of drug-likeness (QED) is 0.859. The molecule has 0 spiro atoms. The zero-order chi connectivity index (χ0) is 11.7. The molecule has 3 rings (SSSR count). The fourth-order valence-corrected chi connectivity index (χ4v) is 3.08. The molecule has 17 heavy (non-hydrogen) atoms. The van der Waals surface area contributed by atoms with Gasteiger partial charge in [0, 0.05) is 24.8 Å². The standard InChI is InChI=1S/C14H21N3/c1-2-17(12-8-9-15-10-12)14-7-6-11-4-3-5-13(11)16-14/h6-7,12,15H,2-5,8-10H2,1H3. The first-order chi connectivity index (χ1) is 8.38. The largest absolute Gasteiger partial charge is 0.353 e. The van der Waals surface area contributed by atoms with E-state index in [4.69, 9.17) is 4.98 Å². The average molecular weight is 231 g/mol. The average Bonchev–Trinajstić information content (AvgIpc) is 2.99. The molecule has 1 aromatic heterocycles. The highest BCUT2D eigenvalue weighted by molar-refractivity contribution is 5.44. The van der Waals surface area contributed by atoms with E-state index >= 15 is 0 Å². The molecule has 1 aliphatic heterocycles. The van der Waals surface area contributed by atoms with Gasteiger partial charge in [-0.2, -0.15) is 0 Å². The molecule has 0 saturated carbocycles. The van der Waals surface area contributed by atoms with Crippen LogP contribution in [-0.2, 0) is 12.8 Å². The van der Waals surface area contributed by atoms with E-state index in [-0.39, 0.29) is 0 Å². The maximum Gasteiger partial charge on any atom is 0.129 e. The lowest BCUT2D eigenvalue weighted by Gasteiger charge is -2.28. The van der Waals surface area contributed by atoms with Crippen molar-refractivity contribution in [3.63, 3.8) is 0 Å². The van der Waals surface area contributed by atoms with Crippen LogP contribution in [0, 0.1) is 0 Å². The summed E-state index contributed by atoms with van der Waals surface area (Å²) in [6.07, 6.45) is 4.92. The summed E-state index contributed by atoms with van der Waals surface area (Å²) >= 11 is 0. The molecule has 1 N–H and O–H groups in total. The van der Waals surface area contributed by atoms with Crippen LogP contribution < -0.4 is 10.2 Å². The lowest BCUT2D eigenvalue weighted by molar-refractivity contribution is 0.639. The molecular weight excluding hydrogens is 210 g/mol. The molecule has 1 fully saturated rings. The van der Waals surface area contributed by atoms with E-state index in [0.29, 0.717) is 6.04 Å². The molecule has 0 bridgehead atoms. The number of fused-ring (bicyclic) bond motifs is 1. The number of aryl methyl sites for hydroxylation is 2. The monoisotopic (exact) mass is 231 g/mol. The second-order valence-corrected chi connectivity index (χ2v) is 5.06. The summed E-state index contributed by atoms with van der Waals surface area (Å²) < 4.78 is 0. The van der Waals surface area contributed by atoms with E-state index < -0.39 is 0 Å². The third-order valence-corrected chi connectivity index (χ3v) is 4.02. The highest BCUT2D eigenvalue weighted by Crippen LogP contribution is 2.25. The molecular formula is C14H21N3. The van der Waals surface area contributed by atoms with Crippen LogP contribution in [-0.4, -0.2) is 30.7 Å². The van der Waals surface area contributed by atoms with E-state index in [1.165, 1.54) is 42.8 Å². The first kappa shape index (κ1) is 11.0. The van der Waals surface area contributed by atoms with Gasteiger partial charge in [0.05, 0.1) is 0 Å². The zero-order valence-corrected chi connectivity index (χ0v) is 10.6. The molecule has 0 radical (unpaired) electrons. The van der Waals surface area contributed by atoms with Gasteiger partial charge >= 0.3 is 0 Å². The van der Waals surface area contributed by atoms with E-state index in [1.54, 1.807) is 0 Å². The Morgan fingerprint density at radius 3 is 3.12 bits per heavy atom. The highest BCUT2D eigenvalue weighted by atomic mass is 15.2. The Morgan fingerprint density at radius 1 is 1.41 bits per heavy atom. The van der Waals surface area contributed by atoms with Crippen molar-refractivity contribution in [3.05, 3.63) is 23.4 Å². The van der Waals surface area contributed by atoms with Crippen molar-refractivity contribution in [3.8, 4) is 0 Å². The smallest absolute Gasteiger partial charge is 0.129 e. The summed E-state index contributed by atoms with van der Waals surface area (Å²) in [7, 11) is 0. The Hall–Kier alpha value is -1.09. The maximum absolute atomic E-state index is 4.87. The van der Waals surface area contributed by atoms with Gasteiger partial charge in [0.2, 0.25) is 0 Å². The second kappa shape index (κ2) is 4.65. The summed E-state index contributed by atoms with van der Waals surface area (Å²) in [5, 5.41) is 3.44. The first-order valence-corrected chi connectivity index (χ1v) is 6.84. The molecule has 92 valence electrons. The van der Waals surface area contributed by atoms with Crippen molar-refractivity contribution >= 4 is 5.82 Å². The van der Waals surface area contributed by atoms with Gasteiger partial charge in [-0.15, -0.1) is 0 Å². The van der Waals surface area contributed by atoms with Gasteiger partial charge < -0.3 is 10.2 Å². The van der Waals surface area contributed by atoms with Crippen LogP contribution in [0.3, 0.4) is 0 Å². The minimum Gasteiger partial charge on any atom is -0.353 e. The van der Waals surface area contributed by atoms with Gasteiger partial charge in [-0.05, 0) is 50.8 Å². The van der Waals surface area contributed by atoms with Gasteiger partial charge in [0.25, 0.3) is 0 Å². The van der Waals surface area contributed by atoms with Gasteiger partial charge in [0.1, 0.15) is 5.82 Å². The van der Waals surface area contributed by atoms with Crippen molar-refractivity contribution in [1.29, 1.82) is 0 Å². The van der Waals surface area contributed by atoms with Crippen molar-refractivity contribution in [2.45, 2.75) is 38.6 Å². The Balaban J connectivity index is 1.85. The van der Waals surface area contributed by atoms with Crippen LogP contribution in [0.25, 0.3) is 0 Å². The minimum absolute atomic E-state index is 0.631. The fourth-order valence-electron chi connectivity index (χ4n) is 3.08. The number of hydrogen-bond donors (Lipinski definition) is 1. The lowest BCUT2D eigenvalue weighted by atomic mass is 10.2. The number of anilines is 1.